The first-order chi connectivity index (χ1) is 9.88. The van der Waals surface area contributed by atoms with Crippen molar-refractivity contribution in [3.63, 3.8) is 0 Å². The van der Waals surface area contributed by atoms with Gasteiger partial charge in [0, 0.05) is 6.04 Å². The normalized spacial score (nSPS) is 23.0. The number of amides is 1. The average molecular weight is 352 g/mol. The Balaban J connectivity index is 1.86. The van der Waals surface area contributed by atoms with Crippen molar-refractivity contribution >= 4 is 38.9 Å². The minimum atomic E-state index is -3.68. The first kappa shape index (κ1) is 16.7. The summed E-state index contributed by atoms with van der Waals surface area (Å²) in [5.41, 5.74) is 0. The monoisotopic (exact) mass is 351 g/mol. The van der Waals surface area contributed by atoms with Gasteiger partial charge in [-0.1, -0.05) is 18.5 Å². The highest BCUT2D eigenvalue weighted by Crippen LogP contribution is 2.25. The van der Waals surface area contributed by atoms with Gasteiger partial charge in [0.1, 0.15) is 4.21 Å². The minimum absolute atomic E-state index is 0.0828. The summed E-state index contributed by atoms with van der Waals surface area (Å²) in [5.74, 6) is 0.00962. The van der Waals surface area contributed by atoms with Crippen molar-refractivity contribution in [1.29, 1.82) is 0 Å². The molecule has 2 unspecified atom stereocenters. The summed E-state index contributed by atoms with van der Waals surface area (Å²) in [5, 5.41) is 6.11. The highest BCUT2D eigenvalue weighted by Gasteiger charge is 2.23. The standard InChI is InChI=1S/C12H18ClN3O3S2/c1-8-6-14-5-4-9(8)16-11(17)7-15-21(18,19)12-3-2-10(13)20-12/h2-3,8-9,14-15H,4-7H2,1H3,(H,16,17). The number of piperidine rings is 1. The quantitative estimate of drug-likeness (QED) is 0.732. The molecule has 1 aromatic heterocycles. The lowest BCUT2D eigenvalue weighted by atomic mass is 9.95. The topological polar surface area (TPSA) is 87.3 Å². The number of sulfonamides is 1. The first-order valence-corrected chi connectivity index (χ1v) is 9.31. The molecule has 1 aliphatic heterocycles. The van der Waals surface area contributed by atoms with E-state index >= 15 is 0 Å². The Labute approximate surface area is 133 Å². The molecule has 1 aromatic rings. The molecule has 1 fully saturated rings. The Bertz CT molecular complexity index is 603. The van der Waals surface area contributed by atoms with Gasteiger partial charge in [-0.05, 0) is 37.6 Å². The Morgan fingerprint density at radius 1 is 1.52 bits per heavy atom. The van der Waals surface area contributed by atoms with Gasteiger partial charge in [-0.2, -0.15) is 0 Å². The fourth-order valence-electron chi connectivity index (χ4n) is 2.16. The van der Waals surface area contributed by atoms with Crippen molar-refractivity contribution in [2.75, 3.05) is 19.6 Å². The van der Waals surface area contributed by atoms with Crippen LogP contribution in [0.1, 0.15) is 13.3 Å². The summed E-state index contributed by atoms with van der Waals surface area (Å²) < 4.78 is 26.7. The Hall–Kier alpha value is -0.670. The van der Waals surface area contributed by atoms with E-state index in [0.29, 0.717) is 10.3 Å². The molecule has 0 spiro atoms. The number of rotatable bonds is 5. The highest BCUT2D eigenvalue weighted by atomic mass is 35.5. The molecular weight excluding hydrogens is 334 g/mol. The molecule has 1 amide bonds. The van der Waals surface area contributed by atoms with Crippen LogP contribution in [0.3, 0.4) is 0 Å². The molecule has 0 aromatic carbocycles. The van der Waals surface area contributed by atoms with E-state index in [4.69, 9.17) is 11.6 Å². The molecule has 0 bridgehead atoms. The summed E-state index contributed by atoms with van der Waals surface area (Å²) in [6.07, 6.45) is 0.847. The molecular formula is C12H18ClN3O3S2. The van der Waals surface area contributed by atoms with Crippen LogP contribution >= 0.6 is 22.9 Å². The number of carbonyl (C=O) groups excluding carboxylic acids is 1. The van der Waals surface area contributed by atoms with Crippen molar-refractivity contribution in [1.82, 2.24) is 15.4 Å². The van der Waals surface area contributed by atoms with Crippen LogP contribution in [0.2, 0.25) is 4.34 Å². The third-order valence-electron chi connectivity index (χ3n) is 3.37. The van der Waals surface area contributed by atoms with Gasteiger partial charge < -0.3 is 10.6 Å². The molecule has 2 atom stereocenters. The van der Waals surface area contributed by atoms with Gasteiger partial charge in [0.2, 0.25) is 5.91 Å². The van der Waals surface area contributed by atoms with Crippen LogP contribution in [-0.4, -0.2) is 40.0 Å². The highest BCUT2D eigenvalue weighted by molar-refractivity contribution is 7.91. The lowest BCUT2D eigenvalue weighted by Crippen LogP contribution is -2.50. The van der Waals surface area contributed by atoms with Gasteiger partial charge in [0.15, 0.2) is 0 Å². The predicted octanol–water partition coefficient (Wildman–Crippen LogP) is 0.794. The zero-order valence-corrected chi connectivity index (χ0v) is 13.9. The third kappa shape index (κ3) is 4.65. The second-order valence-corrected chi connectivity index (χ2v) is 8.74. The molecule has 9 heteroatoms. The van der Waals surface area contributed by atoms with Gasteiger partial charge in [-0.15, -0.1) is 11.3 Å². The van der Waals surface area contributed by atoms with E-state index in [1.54, 1.807) is 0 Å². The molecule has 1 saturated heterocycles. The molecule has 2 heterocycles. The van der Waals surface area contributed by atoms with Crippen molar-refractivity contribution in [3.8, 4) is 0 Å². The predicted molar refractivity (Wildman–Crippen MR) is 83.1 cm³/mol. The molecule has 0 aliphatic carbocycles. The van der Waals surface area contributed by atoms with E-state index in [1.807, 2.05) is 0 Å². The van der Waals surface area contributed by atoms with Crippen LogP contribution in [-0.2, 0) is 14.8 Å². The Kier molecular flexibility index (Phi) is 5.61. The number of thiophene rings is 1. The van der Waals surface area contributed by atoms with Gasteiger partial charge in [-0.25, -0.2) is 13.1 Å². The smallest absolute Gasteiger partial charge is 0.250 e. The zero-order chi connectivity index (χ0) is 15.5. The van der Waals surface area contributed by atoms with Crippen LogP contribution < -0.4 is 15.4 Å². The number of carbonyl (C=O) groups is 1. The van der Waals surface area contributed by atoms with Gasteiger partial charge >= 0.3 is 0 Å². The van der Waals surface area contributed by atoms with E-state index in [0.717, 1.165) is 30.8 Å². The molecule has 6 nitrogen and oxygen atoms in total. The third-order valence-corrected chi connectivity index (χ3v) is 6.49. The average Bonchev–Trinajstić information content (AvgIpc) is 2.87. The summed E-state index contributed by atoms with van der Waals surface area (Å²) >= 11 is 6.67. The maximum absolute atomic E-state index is 12.0. The van der Waals surface area contributed by atoms with E-state index < -0.39 is 10.0 Å². The molecule has 1 aliphatic rings. The zero-order valence-electron chi connectivity index (χ0n) is 11.6. The van der Waals surface area contributed by atoms with Gasteiger partial charge in [0.25, 0.3) is 10.0 Å². The van der Waals surface area contributed by atoms with E-state index in [-0.39, 0.29) is 22.7 Å². The van der Waals surface area contributed by atoms with Crippen LogP contribution in [0, 0.1) is 5.92 Å². The van der Waals surface area contributed by atoms with E-state index in [2.05, 4.69) is 22.3 Å². The summed E-state index contributed by atoms with van der Waals surface area (Å²) in [4.78, 5) is 11.9. The molecule has 118 valence electrons. The second kappa shape index (κ2) is 7.06. The van der Waals surface area contributed by atoms with Crippen LogP contribution in [0.25, 0.3) is 0 Å². The van der Waals surface area contributed by atoms with Crippen LogP contribution in [0.5, 0.6) is 0 Å². The lowest BCUT2D eigenvalue weighted by molar-refractivity contribution is -0.121. The minimum Gasteiger partial charge on any atom is -0.352 e. The molecule has 0 radical (unpaired) electrons. The Morgan fingerprint density at radius 3 is 2.90 bits per heavy atom. The van der Waals surface area contributed by atoms with Crippen molar-refractivity contribution < 1.29 is 13.2 Å². The van der Waals surface area contributed by atoms with Crippen molar-refractivity contribution in [3.05, 3.63) is 16.5 Å². The molecule has 3 N–H and O–H groups in total. The summed E-state index contributed by atoms with van der Waals surface area (Å²) in [6, 6.07) is 3.01. The second-order valence-electron chi connectivity index (χ2n) is 5.03. The summed E-state index contributed by atoms with van der Waals surface area (Å²) in [7, 11) is -3.68. The van der Waals surface area contributed by atoms with Crippen LogP contribution in [0.4, 0.5) is 0 Å². The van der Waals surface area contributed by atoms with E-state index in [9.17, 15) is 13.2 Å². The number of hydrogen-bond donors (Lipinski definition) is 3. The van der Waals surface area contributed by atoms with Crippen molar-refractivity contribution in [2.45, 2.75) is 23.6 Å². The number of halogens is 1. The SMILES string of the molecule is CC1CNCCC1NC(=O)CNS(=O)(=O)c1ccc(Cl)s1. The molecule has 2 rings (SSSR count). The number of nitrogens with one attached hydrogen (secondary N) is 3. The maximum atomic E-state index is 12.0. The van der Waals surface area contributed by atoms with Crippen molar-refractivity contribution in [2.24, 2.45) is 5.92 Å². The Morgan fingerprint density at radius 2 is 2.29 bits per heavy atom. The molecule has 21 heavy (non-hydrogen) atoms. The first-order valence-electron chi connectivity index (χ1n) is 6.63. The van der Waals surface area contributed by atoms with E-state index in [1.165, 1.54) is 12.1 Å². The lowest BCUT2D eigenvalue weighted by Gasteiger charge is -2.30. The van der Waals surface area contributed by atoms with Gasteiger partial charge in [0.05, 0.1) is 10.9 Å². The maximum Gasteiger partial charge on any atom is 0.250 e. The fourth-order valence-corrected chi connectivity index (χ4v) is 4.67. The van der Waals surface area contributed by atoms with Gasteiger partial charge in [-0.3, -0.25) is 4.79 Å². The fraction of sp³-hybridized carbons (Fsp3) is 0.583. The van der Waals surface area contributed by atoms with Crippen LogP contribution in [0.15, 0.2) is 16.3 Å². The summed E-state index contributed by atoms with van der Waals surface area (Å²) in [6.45, 7) is 3.49. The molecule has 0 saturated carbocycles. The number of hydrogen-bond acceptors (Lipinski definition) is 5. The largest absolute Gasteiger partial charge is 0.352 e.